The van der Waals surface area contributed by atoms with E-state index in [1.807, 2.05) is 0 Å². The summed E-state index contributed by atoms with van der Waals surface area (Å²) in [6.07, 6.45) is 1.66. The van der Waals surface area contributed by atoms with Gasteiger partial charge >= 0.3 is 5.97 Å². The molecule has 2 aromatic rings. The van der Waals surface area contributed by atoms with Gasteiger partial charge in [0, 0.05) is 6.07 Å². The molecule has 0 bridgehead atoms. The van der Waals surface area contributed by atoms with Gasteiger partial charge in [-0.15, -0.1) is 0 Å². The van der Waals surface area contributed by atoms with Crippen LogP contribution in [0.1, 0.15) is 29.8 Å². The predicted octanol–water partition coefficient (Wildman–Crippen LogP) is 3.87. The van der Waals surface area contributed by atoms with Gasteiger partial charge in [0.15, 0.2) is 5.76 Å². The Hall–Kier alpha value is -3.08. The molecule has 0 atom stereocenters. The molecule has 128 valence electrons. The second-order valence-corrected chi connectivity index (χ2v) is 5.95. The molecule has 1 aliphatic heterocycles. The molecule has 5 heteroatoms. The summed E-state index contributed by atoms with van der Waals surface area (Å²) in [5.74, 6) is 1.17. The highest BCUT2D eigenvalue weighted by molar-refractivity contribution is 6.14. The average molecular weight is 338 g/mol. The van der Waals surface area contributed by atoms with Crippen molar-refractivity contribution in [3.05, 3.63) is 59.4 Å². The Morgan fingerprint density at radius 3 is 2.40 bits per heavy atom. The number of carbonyl (C=O) groups excluding carboxylic acids is 2. The topological polar surface area (TPSA) is 61.8 Å². The van der Waals surface area contributed by atoms with Crippen molar-refractivity contribution in [1.82, 2.24) is 0 Å². The maximum absolute atomic E-state index is 12.4. The van der Waals surface area contributed by atoms with Crippen LogP contribution in [-0.4, -0.2) is 18.9 Å². The molecule has 0 unspecified atom stereocenters. The largest absolute Gasteiger partial charge is 0.497 e. The summed E-state index contributed by atoms with van der Waals surface area (Å²) in [6, 6.07) is 12.0. The Balaban J connectivity index is 1.78. The Morgan fingerprint density at radius 1 is 1.08 bits per heavy atom. The summed E-state index contributed by atoms with van der Waals surface area (Å²) in [5, 5.41) is 0. The first kappa shape index (κ1) is 16.8. The lowest BCUT2D eigenvalue weighted by molar-refractivity contribution is -0.137. The monoisotopic (exact) mass is 338 g/mol. The van der Waals surface area contributed by atoms with Crippen molar-refractivity contribution in [2.45, 2.75) is 13.8 Å². The minimum Gasteiger partial charge on any atom is -0.497 e. The first-order chi connectivity index (χ1) is 12.0. The van der Waals surface area contributed by atoms with Gasteiger partial charge in [-0.2, -0.15) is 0 Å². The number of fused-ring (bicyclic) bond motifs is 1. The standard InChI is InChI=1S/C20H18O5/c1-12(2)20(22)24-14-6-4-13(5-7-14)10-18-19(21)16-9-8-15(23-3)11-17(16)25-18/h4-12H,1-3H3/b18-10-. The third-order valence-electron chi connectivity index (χ3n) is 3.74. The van der Waals surface area contributed by atoms with Crippen LogP contribution in [-0.2, 0) is 4.79 Å². The van der Waals surface area contributed by atoms with Gasteiger partial charge in [0.05, 0.1) is 18.6 Å². The molecule has 0 spiro atoms. The van der Waals surface area contributed by atoms with Crippen LogP contribution in [0.3, 0.4) is 0 Å². The fourth-order valence-electron chi connectivity index (χ4n) is 2.31. The van der Waals surface area contributed by atoms with Crippen LogP contribution in [0.25, 0.3) is 6.08 Å². The molecule has 0 fully saturated rings. The molecule has 5 nitrogen and oxygen atoms in total. The molecule has 0 saturated heterocycles. The van der Waals surface area contributed by atoms with E-state index >= 15 is 0 Å². The quantitative estimate of drug-likeness (QED) is 0.481. The molecule has 1 aliphatic rings. The number of benzene rings is 2. The van der Waals surface area contributed by atoms with Gasteiger partial charge in [0.25, 0.3) is 0 Å². The van der Waals surface area contributed by atoms with Crippen molar-refractivity contribution in [3.8, 4) is 17.2 Å². The molecule has 3 rings (SSSR count). The number of hydrogen-bond acceptors (Lipinski definition) is 5. The number of allylic oxidation sites excluding steroid dienone is 1. The van der Waals surface area contributed by atoms with E-state index in [-0.39, 0.29) is 23.4 Å². The molecule has 0 N–H and O–H groups in total. The molecule has 2 aromatic carbocycles. The molecule has 1 heterocycles. The van der Waals surface area contributed by atoms with Gasteiger partial charge < -0.3 is 14.2 Å². The Bertz CT molecular complexity index is 847. The molecule has 0 aliphatic carbocycles. The highest BCUT2D eigenvalue weighted by Crippen LogP contribution is 2.34. The highest BCUT2D eigenvalue weighted by atomic mass is 16.5. The maximum Gasteiger partial charge on any atom is 0.313 e. The normalized spacial score (nSPS) is 14.4. The molecule has 25 heavy (non-hydrogen) atoms. The molecule has 0 saturated carbocycles. The van der Waals surface area contributed by atoms with Crippen molar-refractivity contribution >= 4 is 17.8 Å². The molecular formula is C20H18O5. The van der Waals surface area contributed by atoms with E-state index in [4.69, 9.17) is 14.2 Å². The zero-order valence-corrected chi connectivity index (χ0v) is 14.2. The van der Waals surface area contributed by atoms with Crippen LogP contribution in [0, 0.1) is 5.92 Å². The number of hydrogen-bond donors (Lipinski definition) is 0. The summed E-state index contributed by atoms with van der Waals surface area (Å²) in [5.41, 5.74) is 1.28. The summed E-state index contributed by atoms with van der Waals surface area (Å²) < 4.78 is 16.0. The number of ether oxygens (including phenoxy) is 3. The highest BCUT2D eigenvalue weighted by Gasteiger charge is 2.27. The van der Waals surface area contributed by atoms with Crippen molar-refractivity contribution in [2.24, 2.45) is 5.92 Å². The third kappa shape index (κ3) is 3.55. The summed E-state index contributed by atoms with van der Waals surface area (Å²) >= 11 is 0. The van der Waals surface area contributed by atoms with E-state index in [1.165, 1.54) is 0 Å². The van der Waals surface area contributed by atoms with Crippen LogP contribution in [0.5, 0.6) is 17.2 Å². The Kier molecular flexibility index (Phi) is 4.57. The van der Waals surface area contributed by atoms with Crippen LogP contribution in [0.2, 0.25) is 0 Å². The van der Waals surface area contributed by atoms with E-state index in [1.54, 1.807) is 69.5 Å². The van der Waals surface area contributed by atoms with Crippen molar-refractivity contribution in [1.29, 1.82) is 0 Å². The van der Waals surface area contributed by atoms with Gasteiger partial charge in [-0.3, -0.25) is 9.59 Å². The lowest BCUT2D eigenvalue weighted by Crippen LogP contribution is -2.14. The van der Waals surface area contributed by atoms with E-state index in [0.717, 1.165) is 5.56 Å². The number of methoxy groups -OCH3 is 1. The lowest BCUT2D eigenvalue weighted by Gasteiger charge is -2.06. The van der Waals surface area contributed by atoms with Crippen molar-refractivity contribution in [3.63, 3.8) is 0 Å². The van der Waals surface area contributed by atoms with Crippen LogP contribution >= 0.6 is 0 Å². The van der Waals surface area contributed by atoms with E-state index < -0.39 is 0 Å². The van der Waals surface area contributed by atoms with E-state index in [2.05, 4.69) is 0 Å². The molecule has 0 amide bonds. The number of ketones is 1. The SMILES string of the molecule is COc1ccc2c(c1)O/C(=C\c1ccc(OC(=O)C(C)C)cc1)C2=O. The molecule has 0 aromatic heterocycles. The number of Topliss-reactive ketones (excluding diaryl/α,β-unsaturated/α-hetero) is 1. The minimum atomic E-state index is -0.287. The number of esters is 1. The van der Waals surface area contributed by atoms with Crippen LogP contribution < -0.4 is 14.2 Å². The van der Waals surface area contributed by atoms with Crippen molar-refractivity contribution < 1.29 is 23.8 Å². The van der Waals surface area contributed by atoms with Crippen LogP contribution in [0.4, 0.5) is 0 Å². The third-order valence-corrected chi connectivity index (χ3v) is 3.74. The van der Waals surface area contributed by atoms with Crippen molar-refractivity contribution in [2.75, 3.05) is 7.11 Å². The average Bonchev–Trinajstić information content (AvgIpc) is 2.91. The number of rotatable bonds is 4. The molecule has 0 radical (unpaired) electrons. The van der Waals surface area contributed by atoms with Crippen LogP contribution in [0.15, 0.2) is 48.2 Å². The number of carbonyl (C=O) groups is 2. The first-order valence-electron chi connectivity index (χ1n) is 7.92. The van der Waals surface area contributed by atoms with Gasteiger partial charge in [-0.25, -0.2) is 0 Å². The minimum absolute atomic E-state index is 0.173. The second kappa shape index (κ2) is 6.81. The fraction of sp³-hybridized carbons (Fsp3) is 0.200. The first-order valence-corrected chi connectivity index (χ1v) is 7.92. The van der Waals surface area contributed by atoms with Gasteiger partial charge in [-0.05, 0) is 35.9 Å². The second-order valence-electron chi connectivity index (χ2n) is 5.95. The predicted molar refractivity (Wildman–Crippen MR) is 92.8 cm³/mol. The fourth-order valence-corrected chi connectivity index (χ4v) is 2.31. The summed E-state index contributed by atoms with van der Waals surface area (Å²) in [6.45, 7) is 3.55. The summed E-state index contributed by atoms with van der Waals surface area (Å²) in [7, 11) is 1.56. The zero-order chi connectivity index (χ0) is 18.0. The van der Waals surface area contributed by atoms with Gasteiger partial charge in [0.2, 0.25) is 5.78 Å². The lowest BCUT2D eigenvalue weighted by atomic mass is 10.1. The Labute approximate surface area is 145 Å². The van der Waals surface area contributed by atoms with E-state index in [9.17, 15) is 9.59 Å². The maximum atomic E-state index is 12.4. The summed E-state index contributed by atoms with van der Waals surface area (Å²) in [4.78, 5) is 24.0. The van der Waals surface area contributed by atoms with E-state index in [0.29, 0.717) is 22.8 Å². The smallest absolute Gasteiger partial charge is 0.313 e. The Morgan fingerprint density at radius 2 is 1.76 bits per heavy atom. The molecular weight excluding hydrogens is 320 g/mol. The van der Waals surface area contributed by atoms with Gasteiger partial charge in [0.1, 0.15) is 17.2 Å². The van der Waals surface area contributed by atoms with Gasteiger partial charge in [-0.1, -0.05) is 26.0 Å². The zero-order valence-electron chi connectivity index (χ0n) is 14.2.